The van der Waals surface area contributed by atoms with E-state index in [0.717, 1.165) is 29.7 Å². The zero-order chi connectivity index (χ0) is 20.2. The van der Waals surface area contributed by atoms with Gasteiger partial charge in [-0.25, -0.2) is 4.98 Å². The third kappa shape index (κ3) is 4.43. The first-order valence-corrected chi connectivity index (χ1v) is 10.4. The molecule has 0 unspecified atom stereocenters. The van der Waals surface area contributed by atoms with Gasteiger partial charge in [-0.3, -0.25) is 14.9 Å². The molecule has 4 rings (SSSR count). The quantitative estimate of drug-likeness (QED) is 0.601. The number of amides is 2. The SMILES string of the molecule is C=CC(=O)NCc1ccc(C(=O)Nc2nc(-c3ccc4c(c3)CCC4)cs2)cc1. The van der Waals surface area contributed by atoms with Crippen molar-refractivity contribution in [2.75, 3.05) is 5.32 Å². The zero-order valence-corrected chi connectivity index (χ0v) is 16.7. The maximum atomic E-state index is 12.5. The molecule has 29 heavy (non-hydrogen) atoms. The Morgan fingerprint density at radius 1 is 1.10 bits per heavy atom. The Morgan fingerprint density at radius 3 is 2.69 bits per heavy atom. The monoisotopic (exact) mass is 403 g/mol. The molecule has 0 saturated carbocycles. The number of anilines is 1. The van der Waals surface area contributed by atoms with Crippen LogP contribution >= 0.6 is 11.3 Å². The van der Waals surface area contributed by atoms with Gasteiger partial charge in [0.15, 0.2) is 5.13 Å². The number of hydrogen-bond acceptors (Lipinski definition) is 4. The van der Waals surface area contributed by atoms with Crippen molar-refractivity contribution in [3.05, 3.63) is 82.8 Å². The molecule has 0 fully saturated rings. The second-order valence-corrected chi connectivity index (χ2v) is 7.81. The molecule has 0 aliphatic heterocycles. The van der Waals surface area contributed by atoms with E-state index in [9.17, 15) is 9.59 Å². The molecule has 0 atom stereocenters. The summed E-state index contributed by atoms with van der Waals surface area (Å²) in [6, 6.07) is 13.6. The van der Waals surface area contributed by atoms with Crippen molar-refractivity contribution in [2.24, 2.45) is 0 Å². The number of hydrogen-bond donors (Lipinski definition) is 2. The highest BCUT2D eigenvalue weighted by atomic mass is 32.1. The van der Waals surface area contributed by atoms with Crippen LogP contribution in [0.4, 0.5) is 5.13 Å². The Morgan fingerprint density at radius 2 is 1.90 bits per heavy atom. The molecule has 1 aromatic heterocycles. The third-order valence-electron chi connectivity index (χ3n) is 4.99. The van der Waals surface area contributed by atoms with Crippen molar-refractivity contribution in [3.8, 4) is 11.3 Å². The highest BCUT2D eigenvalue weighted by Gasteiger charge is 2.14. The average Bonchev–Trinajstić information content (AvgIpc) is 3.41. The minimum atomic E-state index is -0.227. The Balaban J connectivity index is 1.40. The lowest BCUT2D eigenvalue weighted by Crippen LogP contribution is -2.20. The Labute approximate surface area is 173 Å². The van der Waals surface area contributed by atoms with Gasteiger partial charge in [-0.2, -0.15) is 0 Å². The van der Waals surface area contributed by atoms with Gasteiger partial charge in [0.05, 0.1) is 5.69 Å². The molecule has 2 N–H and O–H groups in total. The summed E-state index contributed by atoms with van der Waals surface area (Å²) in [5, 5.41) is 8.12. The van der Waals surface area contributed by atoms with Gasteiger partial charge in [0.25, 0.3) is 5.91 Å². The minimum absolute atomic E-state index is 0.207. The van der Waals surface area contributed by atoms with Crippen LogP contribution in [0.15, 0.2) is 60.5 Å². The third-order valence-corrected chi connectivity index (χ3v) is 5.74. The number of nitrogens with zero attached hydrogens (tertiary/aromatic N) is 1. The van der Waals surface area contributed by atoms with Crippen molar-refractivity contribution < 1.29 is 9.59 Å². The van der Waals surface area contributed by atoms with Crippen LogP contribution in [0, 0.1) is 0 Å². The number of aryl methyl sites for hydroxylation is 2. The van der Waals surface area contributed by atoms with E-state index in [1.165, 1.54) is 35.0 Å². The molecular weight excluding hydrogens is 382 g/mol. The van der Waals surface area contributed by atoms with E-state index in [-0.39, 0.29) is 11.8 Å². The predicted octanol–water partition coefficient (Wildman–Crippen LogP) is 4.35. The molecule has 1 heterocycles. The van der Waals surface area contributed by atoms with Crippen LogP contribution in [0.5, 0.6) is 0 Å². The van der Waals surface area contributed by atoms with Crippen molar-refractivity contribution in [2.45, 2.75) is 25.8 Å². The summed E-state index contributed by atoms with van der Waals surface area (Å²) in [6.07, 6.45) is 4.74. The van der Waals surface area contributed by atoms with Gasteiger partial charge in [-0.15, -0.1) is 11.3 Å². The fourth-order valence-corrected chi connectivity index (χ4v) is 4.11. The Bertz CT molecular complexity index is 1070. The molecule has 1 aliphatic carbocycles. The van der Waals surface area contributed by atoms with Crippen LogP contribution in [0.1, 0.15) is 33.5 Å². The Hall–Kier alpha value is -3.25. The molecule has 6 heteroatoms. The van der Waals surface area contributed by atoms with E-state index >= 15 is 0 Å². The van der Waals surface area contributed by atoms with Crippen LogP contribution in [-0.2, 0) is 24.2 Å². The van der Waals surface area contributed by atoms with Gasteiger partial charge in [0.1, 0.15) is 0 Å². The van der Waals surface area contributed by atoms with Crippen LogP contribution in [-0.4, -0.2) is 16.8 Å². The first kappa shape index (κ1) is 19.1. The van der Waals surface area contributed by atoms with E-state index < -0.39 is 0 Å². The molecule has 146 valence electrons. The first-order chi connectivity index (χ1) is 14.1. The Kier molecular flexibility index (Phi) is 5.53. The van der Waals surface area contributed by atoms with Gasteiger partial charge in [0, 0.05) is 23.1 Å². The first-order valence-electron chi connectivity index (χ1n) is 9.50. The van der Waals surface area contributed by atoms with E-state index in [0.29, 0.717) is 17.2 Å². The highest BCUT2D eigenvalue weighted by molar-refractivity contribution is 7.14. The number of fused-ring (bicyclic) bond motifs is 1. The summed E-state index contributed by atoms with van der Waals surface area (Å²) in [6.45, 7) is 3.81. The number of thiazole rings is 1. The molecule has 3 aromatic rings. The summed E-state index contributed by atoms with van der Waals surface area (Å²) in [5.41, 5.74) is 6.26. The molecular formula is C23H21N3O2S. The van der Waals surface area contributed by atoms with Crippen LogP contribution in [0.3, 0.4) is 0 Å². The number of benzene rings is 2. The van der Waals surface area contributed by atoms with Crippen molar-refractivity contribution in [1.82, 2.24) is 10.3 Å². The fraction of sp³-hybridized carbons (Fsp3) is 0.174. The highest BCUT2D eigenvalue weighted by Crippen LogP contribution is 2.30. The van der Waals surface area contributed by atoms with Crippen LogP contribution in [0.25, 0.3) is 11.3 Å². The van der Waals surface area contributed by atoms with Crippen molar-refractivity contribution in [3.63, 3.8) is 0 Å². The molecule has 0 saturated heterocycles. The second-order valence-electron chi connectivity index (χ2n) is 6.95. The maximum absolute atomic E-state index is 12.5. The maximum Gasteiger partial charge on any atom is 0.257 e. The number of nitrogens with one attached hydrogen (secondary N) is 2. The van der Waals surface area contributed by atoms with E-state index in [2.05, 4.69) is 40.4 Å². The summed E-state index contributed by atoms with van der Waals surface area (Å²) < 4.78 is 0. The standard InChI is InChI=1S/C23H21N3O2S/c1-2-21(27)24-13-15-6-8-17(9-7-15)22(28)26-23-25-20(14-29-23)19-11-10-16-4-3-5-18(16)12-19/h2,6-12,14H,1,3-5,13H2,(H,24,27)(H,25,26,28). The lowest BCUT2D eigenvalue weighted by molar-refractivity contribution is -0.116. The van der Waals surface area contributed by atoms with Gasteiger partial charge in [-0.1, -0.05) is 30.8 Å². The predicted molar refractivity (Wildman–Crippen MR) is 116 cm³/mol. The summed E-state index contributed by atoms with van der Waals surface area (Å²) in [4.78, 5) is 28.3. The number of aromatic nitrogens is 1. The number of rotatable bonds is 6. The van der Waals surface area contributed by atoms with Gasteiger partial charge < -0.3 is 5.32 Å². The van der Waals surface area contributed by atoms with Gasteiger partial charge >= 0.3 is 0 Å². The molecule has 0 spiro atoms. The largest absolute Gasteiger partial charge is 0.348 e. The van der Waals surface area contributed by atoms with Crippen molar-refractivity contribution in [1.29, 1.82) is 0 Å². The van der Waals surface area contributed by atoms with E-state index in [1.54, 1.807) is 12.1 Å². The molecule has 5 nitrogen and oxygen atoms in total. The molecule has 0 bridgehead atoms. The smallest absolute Gasteiger partial charge is 0.257 e. The average molecular weight is 404 g/mol. The molecule has 2 aromatic carbocycles. The molecule has 0 radical (unpaired) electrons. The van der Waals surface area contributed by atoms with E-state index in [1.807, 2.05) is 17.5 Å². The van der Waals surface area contributed by atoms with Crippen LogP contribution < -0.4 is 10.6 Å². The summed E-state index contributed by atoms with van der Waals surface area (Å²) in [5.74, 6) is -0.434. The van der Waals surface area contributed by atoms with Crippen LogP contribution in [0.2, 0.25) is 0 Å². The summed E-state index contributed by atoms with van der Waals surface area (Å²) in [7, 11) is 0. The normalized spacial score (nSPS) is 12.3. The van der Waals surface area contributed by atoms with Crippen molar-refractivity contribution >= 4 is 28.3 Å². The number of carbonyl (C=O) groups excluding carboxylic acids is 2. The molecule has 1 aliphatic rings. The second kappa shape index (κ2) is 8.41. The topological polar surface area (TPSA) is 71.1 Å². The zero-order valence-electron chi connectivity index (χ0n) is 15.9. The minimum Gasteiger partial charge on any atom is -0.348 e. The lowest BCUT2D eigenvalue weighted by Gasteiger charge is -2.05. The summed E-state index contributed by atoms with van der Waals surface area (Å²) >= 11 is 1.42. The fourth-order valence-electron chi connectivity index (χ4n) is 3.40. The van der Waals surface area contributed by atoms with Gasteiger partial charge in [0.2, 0.25) is 5.91 Å². The number of carbonyl (C=O) groups is 2. The van der Waals surface area contributed by atoms with Gasteiger partial charge in [-0.05, 0) is 60.2 Å². The lowest BCUT2D eigenvalue weighted by atomic mass is 10.1. The van der Waals surface area contributed by atoms with E-state index in [4.69, 9.17) is 0 Å². The molecule has 2 amide bonds.